The Morgan fingerprint density at radius 3 is 2.67 bits per heavy atom. The SMILES string of the molecule is NCc1ccc(S(=O)(=O)NCC2CC3CCC2C3)cc1Cl. The second-order valence-electron chi connectivity index (χ2n) is 6.24. The highest BCUT2D eigenvalue weighted by atomic mass is 35.5. The van der Waals surface area contributed by atoms with Crippen LogP contribution >= 0.6 is 11.6 Å². The Bertz CT molecular complexity index is 633. The van der Waals surface area contributed by atoms with Crippen LogP contribution < -0.4 is 10.5 Å². The Morgan fingerprint density at radius 1 is 1.29 bits per heavy atom. The molecule has 0 amide bonds. The average molecular weight is 329 g/mol. The highest BCUT2D eigenvalue weighted by molar-refractivity contribution is 7.89. The number of nitrogens with one attached hydrogen (secondary N) is 1. The summed E-state index contributed by atoms with van der Waals surface area (Å²) in [6.07, 6.45) is 5.03. The van der Waals surface area contributed by atoms with Gasteiger partial charge in [0.1, 0.15) is 0 Å². The summed E-state index contributed by atoms with van der Waals surface area (Å²) in [5.74, 6) is 2.03. The van der Waals surface area contributed by atoms with Gasteiger partial charge in [-0.1, -0.05) is 24.1 Å². The minimum atomic E-state index is -3.49. The molecule has 3 unspecified atom stereocenters. The largest absolute Gasteiger partial charge is 0.326 e. The lowest BCUT2D eigenvalue weighted by molar-refractivity contribution is 0.333. The Kier molecular flexibility index (Phi) is 4.28. The predicted molar refractivity (Wildman–Crippen MR) is 83.5 cm³/mol. The van der Waals surface area contributed by atoms with E-state index >= 15 is 0 Å². The normalized spacial score (nSPS) is 28.2. The maximum Gasteiger partial charge on any atom is 0.240 e. The van der Waals surface area contributed by atoms with E-state index in [0.29, 0.717) is 29.9 Å². The third-order valence-corrected chi connectivity index (χ3v) is 6.75. The van der Waals surface area contributed by atoms with Crippen molar-refractivity contribution in [2.75, 3.05) is 6.54 Å². The number of halogens is 1. The van der Waals surface area contributed by atoms with E-state index in [0.717, 1.165) is 11.5 Å². The molecular weight excluding hydrogens is 308 g/mol. The fourth-order valence-electron chi connectivity index (χ4n) is 3.79. The molecule has 0 heterocycles. The maximum absolute atomic E-state index is 12.3. The Morgan fingerprint density at radius 2 is 2.10 bits per heavy atom. The molecule has 1 aromatic carbocycles. The van der Waals surface area contributed by atoms with Gasteiger partial charge in [-0.25, -0.2) is 13.1 Å². The van der Waals surface area contributed by atoms with Crippen LogP contribution in [0.4, 0.5) is 0 Å². The molecule has 0 aliphatic heterocycles. The molecule has 0 aromatic heterocycles. The minimum absolute atomic E-state index is 0.216. The van der Waals surface area contributed by atoms with E-state index in [2.05, 4.69) is 4.72 Å². The van der Waals surface area contributed by atoms with Crippen LogP contribution in [0.5, 0.6) is 0 Å². The van der Waals surface area contributed by atoms with Crippen molar-refractivity contribution in [3.63, 3.8) is 0 Å². The van der Waals surface area contributed by atoms with Gasteiger partial charge in [0.15, 0.2) is 0 Å². The third-order valence-electron chi connectivity index (χ3n) is 4.97. The van der Waals surface area contributed by atoms with Gasteiger partial charge in [0, 0.05) is 18.1 Å². The number of rotatable bonds is 5. The quantitative estimate of drug-likeness (QED) is 0.872. The van der Waals surface area contributed by atoms with E-state index in [4.69, 9.17) is 17.3 Å². The Labute approximate surface area is 131 Å². The molecule has 21 heavy (non-hydrogen) atoms. The van der Waals surface area contributed by atoms with Crippen LogP contribution in [0.15, 0.2) is 23.1 Å². The van der Waals surface area contributed by atoms with Gasteiger partial charge in [-0.05, 0) is 54.7 Å². The first-order valence-electron chi connectivity index (χ1n) is 7.48. The first-order valence-corrected chi connectivity index (χ1v) is 9.34. The molecule has 2 fully saturated rings. The number of hydrogen-bond donors (Lipinski definition) is 2. The number of sulfonamides is 1. The van der Waals surface area contributed by atoms with Gasteiger partial charge in [0.2, 0.25) is 10.0 Å². The molecule has 2 bridgehead atoms. The van der Waals surface area contributed by atoms with Crippen LogP contribution in [-0.2, 0) is 16.6 Å². The zero-order valence-corrected chi connectivity index (χ0v) is 13.5. The molecule has 6 heteroatoms. The smallest absolute Gasteiger partial charge is 0.240 e. The van der Waals surface area contributed by atoms with Crippen LogP contribution in [0.25, 0.3) is 0 Å². The fourth-order valence-corrected chi connectivity index (χ4v) is 5.23. The van der Waals surface area contributed by atoms with Crippen molar-refractivity contribution in [1.82, 2.24) is 4.72 Å². The molecule has 116 valence electrons. The second kappa shape index (κ2) is 5.88. The zero-order valence-electron chi connectivity index (χ0n) is 11.9. The topological polar surface area (TPSA) is 72.2 Å². The van der Waals surface area contributed by atoms with Crippen LogP contribution in [-0.4, -0.2) is 15.0 Å². The van der Waals surface area contributed by atoms with Crippen molar-refractivity contribution >= 4 is 21.6 Å². The molecule has 3 N–H and O–H groups in total. The van der Waals surface area contributed by atoms with Gasteiger partial charge in [-0.3, -0.25) is 0 Å². The summed E-state index contributed by atoms with van der Waals surface area (Å²) in [6.45, 7) is 0.845. The van der Waals surface area contributed by atoms with E-state index in [-0.39, 0.29) is 4.90 Å². The molecule has 1 aromatic rings. The fraction of sp³-hybridized carbons (Fsp3) is 0.600. The highest BCUT2D eigenvalue weighted by Gasteiger charge is 2.39. The molecular formula is C15H21ClN2O2S. The summed E-state index contributed by atoms with van der Waals surface area (Å²) >= 11 is 6.04. The summed E-state index contributed by atoms with van der Waals surface area (Å²) in [6, 6.07) is 4.72. The van der Waals surface area contributed by atoms with Crippen LogP contribution in [0, 0.1) is 17.8 Å². The van der Waals surface area contributed by atoms with E-state index in [9.17, 15) is 8.42 Å². The summed E-state index contributed by atoms with van der Waals surface area (Å²) in [5.41, 5.74) is 6.29. The highest BCUT2D eigenvalue weighted by Crippen LogP contribution is 2.48. The van der Waals surface area contributed by atoms with Gasteiger partial charge in [-0.15, -0.1) is 0 Å². The maximum atomic E-state index is 12.3. The number of fused-ring (bicyclic) bond motifs is 2. The summed E-state index contributed by atoms with van der Waals surface area (Å²) < 4.78 is 27.4. The van der Waals surface area contributed by atoms with Crippen molar-refractivity contribution in [3.05, 3.63) is 28.8 Å². The average Bonchev–Trinajstić information content (AvgIpc) is 3.07. The van der Waals surface area contributed by atoms with E-state index in [1.165, 1.54) is 31.7 Å². The van der Waals surface area contributed by atoms with Crippen molar-refractivity contribution in [1.29, 1.82) is 0 Å². The minimum Gasteiger partial charge on any atom is -0.326 e. The van der Waals surface area contributed by atoms with Gasteiger partial charge < -0.3 is 5.73 Å². The molecule has 2 aliphatic rings. The standard InChI is InChI=1S/C15H21ClN2O2S/c16-15-7-14(4-3-12(15)8-17)21(19,20)18-9-13-6-10-1-2-11(13)5-10/h3-4,7,10-11,13,18H,1-2,5-6,8-9,17H2. The van der Waals surface area contributed by atoms with Crippen LogP contribution in [0.2, 0.25) is 5.02 Å². The zero-order chi connectivity index (χ0) is 15.0. The van der Waals surface area contributed by atoms with Crippen LogP contribution in [0.3, 0.4) is 0 Å². The lowest BCUT2D eigenvalue weighted by Gasteiger charge is -2.21. The molecule has 0 saturated heterocycles. The molecule has 0 radical (unpaired) electrons. The summed E-state index contributed by atoms with van der Waals surface area (Å²) in [4.78, 5) is 0.216. The molecule has 0 spiro atoms. The van der Waals surface area contributed by atoms with Crippen molar-refractivity contribution < 1.29 is 8.42 Å². The van der Waals surface area contributed by atoms with E-state index in [1.807, 2.05) is 0 Å². The lowest BCUT2D eigenvalue weighted by atomic mass is 9.89. The number of benzene rings is 1. The molecule has 2 aliphatic carbocycles. The second-order valence-corrected chi connectivity index (χ2v) is 8.42. The Balaban J connectivity index is 1.67. The molecule has 3 atom stereocenters. The van der Waals surface area contributed by atoms with Crippen molar-refractivity contribution in [2.24, 2.45) is 23.5 Å². The van der Waals surface area contributed by atoms with E-state index < -0.39 is 10.0 Å². The monoisotopic (exact) mass is 328 g/mol. The van der Waals surface area contributed by atoms with Gasteiger partial charge in [-0.2, -0.15) is 0 Å². The number of nitrogens with two attached hydrogens (primary N) is 1. The summed E-state index contributed by atoms with van der Waals surface area (Å²) in [5, 5.41) is 0.403. The van der Waals surface area contributed by atoms with Gasteiger partial charge in [0.25, 0.3) is 0 Å². The molecule has 4 nitrogen and oxygen atoms in total. The van der Waals surface area contributed by atoms with E-state index in [1.54, 1.807) is 12.1 Å². The predicted octanol–water partition coefficient (Wildman–Crippen LogP) is 2.51. The van der Waals surface area contributed by atoms with Crippen molar-refractivity contribution in [3.8, 4) is 0 Å². The lowest BCUT2D eigenvalue weighted by Crippen LogP contribution is -2.31. The van der Waals surface area contributed by atoms with Gasteiger partial charge >= 0.3 is 0 Å². The third kappa shape index (κ3) is 3.11. The molecule has 3 rings (SSSR count). The molecule has 2 saturated carbocycles. The number of hydrogen-bond acceptors (Lipinski definition) is 3. The van der Waals surface area contributed by atoms with Crippen molar-refractivity contribution in [2.45, 2.75) is 37.1 Å². The summed E-state index contributed by atoms with van der Waals surface area (Å²) in [7, 11) is -3.49. The van der Waals surface area contributed by atoms with Crippen LogP contribution in [0.1, 0.15) is 31.2 Å². The first-order chi connectivity index (χ1) is 9.99. The Hall–Kier alpha value is -0.620. The first kappa shape index (κ1) is 15.3. The van der Waals surface area contributed by atoms with Gasteiger partial charge in [0.05, 0.1) is 4.90 Å².